The lowest BCUT2D eigenvalue weighted by molar-refractivity contribution is -0.113. The maximum absolute atomic E-state index is 12.4. The van der Waals surface area contributed by atoms with Crippen LogP contribution in [0.3, 0.4) is 0 Å². The predicted molar refractivity (Wildman–Crippen MR) is 97.5 cm³/mol. The summed E-state index contributed by atoms with van der Waals surface area (Å²) < 4.78 is 15.9. The van der Waals surface area contributed by atoms with Crippen LogP contribution < -0.4 is 19.1 Å². The van der Waals surface area contributed by atoms with Gasteiger partial charge >= 0.3 is 0 Å². The van der Waals surface area contributed by atoms with Gasteiger partial charge in [0.05, 0.1) is 21.3 Å². The number of pyridine rings is 1. The van der Waals surface area contributed by atoms with Crippen LogP contribution in [0, 0.1) is 6.92 Å². The van der Waals surface area contributed by atoms with E-state index >= 15 is 0 Å². The van der Waals surface area contributed by atoms with Gasteiger partial charge in [0.2, 0.25) is 5.75 Å². The lowest BCUT2D eigenvalue weighted by atomic mass is 10.1. The Balaban J connectivity index is 2.24. The van der Waals surface area contributed by atoms with E-state index in [2.05, 4.69) is 4.98 Å². The first-order chi connectivity index (χ1) is 12.0. The summed E-state index contributed by atoms with van der Waals surface area (Å²) in [4.78, 5) is 18.1. The highest BCUT2D eigenvalue weighted by atomic mass is 16.5. The van der Waals surface area contributed by atoms with Gasteiger partial charge in [0.25, 0.3) is 5.91 Å². The van der Waals surface area contributed by atoms with Crippen molar-refractivity contribution in [2.45, 2.75) is 6.92 Å². The highest BCUT2D eigenvalue weighted by molar-refractivity contribution is 6.03. The largest absolute Gasteiger partial charge is 0.493 e. The van der Waals surface area contributed by atoms with Crippen LogP contribution in [0.4, 0.5) is 5.69 Å². The normalized spacial score (nSPS) is 10.6. The third kappa shape index (κ3) is 4.29. The molecule has 0 fully saturated rings. The molecule has 6 heteroatoms. The number of aryl methyl sites for hydroxylation is 1. The highest BCUT2D eigenvalue weighted by Crippen LogP contribution is 2.38. The van der Waals surface area contributed by atoms with Crippen molar-refractivity contribution in [3.63, 3.8) is 0 Å². The van der Waals surface area contributed by atoms with Gasteiger partial charge in [-0.25, -0.2) is 0 Å². The molecule has 6 nitrogen and oxygen atoms in total. The Hall–Kier alpha value is -3.02. The Morgan fingerprint density at radius 3 is 2.24 bits per heavy atom. The summed E-state index contributed by atoms with van der Waals surface area (Å²) in [6, 6.07) is 7.20. The van der Waals surface area contributed by atoms with E-state index in [4.69, 9.17) is 14.2 Å². The lowest BCUT2D eigenvalue weighted by Crippen LogP contribution is -2.24. The molecule has 0 saturated heterocycles. The Bertz CT molecular complexity index is 762. The first-order valence-electron chi connectivity index (χ1n) is 7.68. The molecule has 2 rings (SSSR count). The van der Waals surface area contributed by atoms with E-state index in [0.29, 0.717) is 17.2 Å². The second-order valence-corrected chi connectivity index (χ2v) is 5.34. The van der Waals surface area contributed by atoms with Crippen molar-refractivity contribution < 1.29 is 19.0 Å². The van der Waals surface area contributed by atoms with Gasteiger partial charge in [-0.3, -0.25) is 9.78 Å². The third-order valence-corrected chi connectivity index (χ3v) is 3.70. The molecule has 0 spiro atoms. The fourth-order valence-corrected chi connectivity index (χ4v) is 2.34. The summed E-state index contributed by atoms with van der Waals surface area (Å²) in [7, 11) is 6.37. The Kier molecular flexibility index (Phi) is 6.00. The molecule has 0 saturated carbocycles. The number of benzene rings is 1. The van der Waals surface area contributed by atoms with Crippen LogP contribution in [0.2, 0.25) is 0 Å². The molecule has 132 valence electrons. The van der Waals surface area contributed by atoms with E-state index in [-0.39, 0.29) is 5.91 Å². The minimum Gasteiger partial charge on any atom is -0.493 e. The number of anilines is 1. The Labute approximate surface area is 147 Å². The van der Waals surface area contributed by atoms with Crippen LogP contribution in [0.1, 0.15) is 11.3 Å². The number of carbonyl (C=O) groups is 1. The minimum absolute atomic E-state index is 0.153. The van der Waals surface area contributed by atoms with Crippen LogP contribution in [0.25, 0.3) is 6.08 Å². The van der Waals surface area contributed by atoms with E-state index in [1.807, 2.05) is 13.0 Å². The number of likely N-dealkylation sites (N-methyl/N-ethyl adjacent to an activating group) is 1. The van der Waals surface area contributed by atoms with Gasteiger partial charge in [0.15, 0.2) is 11.5 Å². The molecule has 0 aliphatic carbocycles. The van der Waals surface area contributed by atoms with E-state index in [9.17, 15) is 4.79 Å². The average Bonchev–Trinajstić information content (AvgIpc) is 2.64. The smallest absolute Gasteiger partial charge is 0.250 e. The SMILES string of the molecule is COc1cc(C=CC(=O)N(C)c2ccnc(C)c2)cc(OC)c1OC. The molecule has 1 heterocycles. The number of aromatic nitrogens is 1. The van der Waals surface area contributed by atoms with Crippen molar-refractivity contribution in [3.8, 4) is 17.2 Å². The quantitative estimate of drug-likeness (QED) is 0.755. The molecule has 25 heavy (non-hydrogen) atoms. The number of rotatable bonds is 6. The molecule has 0 N–H and O–H groups in total. The fourth-order valence-electron chi connectivity index (χ4n) is 2.34. The number of amides is 1. The van der Waals surface area contributed by atoms with Crippen molar-refractivity contribution in [2.24, 2.45) is 0 Å². The average molecular weight is 342 g/mol. The van der Waals surface area contributed by atoms with Crippen LogP contribution in [0.5, 0.6) is 17.2 Å². The monoisotopic (exact) mass is 342 g/mol. The summed E-state index contributed by atoms with van der Waals surface area (Å²) in [5.41, 5.74) is 2.40. The molecule has 1 amide bonds. The fraction of sp³-hybridized carbons (Fsp3) is 0.263. The van der Waals surface area contributed by atoms with Crippen LogP contribution in [-0.4, -0.2) is 39.3 Å². The number of hydrogen-bond acceptors (Lipinski definition) is 5. The molecular formula is C19H22N2O4. The van der Waals surface area contributed by atoms with Gasteiger partial charge in [-0.05, 0) is 42.8 Å². The van der Waals surface area contributed by atoms with Gasteiger partial charge in [0.1, 0.15) is 0 Å². The molecule has 0 bridgehead atoms. The minimum atomic E-state index is -0.153. The summed E-state index contributed by atoms with van der Waals surface area (Å²) in [6.45, 7) is 1.88. The molecular weight excluding hydrogens is 320 g/mol. The molecule has 1 aromatic carbocycles. The van der Waals surface area contributed by atoms with E-state index in [1.165, 1.54) is 6.08 Å². The maximum atomic E-state index is 12.4. The first-order valence-corrected chi connectivity index (χ1v) is 7.68. The molecule has 0 radical (unpaired) electrons. The first kappa shape index (κ1) is 18.3. The second-order valence-electron chi connectivity index (χ2n) is 5.34. The number of hydrogen-bond donors (Lipinski definition) is 0. The van der Waals surface area contributed by atoms with Gasteiger partial charge in [0, 0.05) is 30.7 Å². The predicted octanol–water partition coefficient (Wildman–Crippen LogP) is 3.09. The lowest BCUT2D eigenvalue weighted by Gasteiger charge is -2.15. The summed E-state index contributed by atoms with van der Waals surface area (Å²) in [5.74, 6) is 1.43. The van der Waals surface area contributed by atoms with Crippen LogP contribution in [-0.2, 0) is 4.79 Å². The van der Waals surface area contributed by atoms with Gasteiger partial charge in [-0.1, -0.05) is 0 Å². The Morgan fingerprint density at radius 2 is 1.72 bits per heavy atom. The van der Waals surface area contributed by atoms with Crippen molar-refractivity contribution in [1.82, 2.24) is 4.98 Å². The number of carbonyl (C=O) groups excluding carboxylic acids is 1. The van der Waals surface area contributed by atoms with Gasteiger partial charge < -0.3 is 19.1 Å². The van der Waals surface area contributed by atoms with Crippen molar-refractivity contribution in [1.29, 1.82) is 0 Å². The van der Waals surface area contributed by atoms with Crippen molar-refractivity contribution in [2.75, 3.05) is 33.3 Å². The van der Waals surface area contributed by atoms with E-state index < -0.39 is 0 Å². The molecule has 1 aromatic heterocycles. The molecule has 0 aliphatic heterocycles. The molecule has 0 unspecified atom stereocenters. The number of ether oxygens (including phenoxy) is 3. The molecule has 2 aromatic rings. The number of methoxy groups -OCH3 is 3. The van der Waals surface area contributed by atoms with E-state index in [0.717, 1.165) is 16.9 Å². The zero-order valence-corrected chi connectivity index (χ0v) is 15.1. The standard InChI is InChI=1S/C19H22N2O4/c1-13-10-15(8-9-20-13)21(2)18(22)7-6-14-11-16(23-3)19(25-5)17(12-14)24-4/h6-12H,1-5H3. The zero-order chi connectivity index (χ0) is 18.4. The summed E-state index contributed by atoms with van der Waals surface area (Å²) >= 11 is 0. The summed E-state index contributed by atoms with van der Waals surface area (Å²) in [5, 5.41) is 0. The van der Waals surface area contributed by atoms with Gasteiger partial charge in [-0.2, -0.15) is 0 Å². The second kappa shape index (κ2) is 8.19. The maximum Gasteiger partial charge on any atom is 0.250 e. The van der Waals surface area contributed by atoms with Gasteiger partial charge in [-0.15, -0.1) is 0 Å². The zero-order valence-electron chi connectivity index (χ0n) is 15.1. The topological polar surface area (TPSA) is 60.9 Å². The molecule has 0 atom stereocenters. The summed E-state index contributed by atoms with van der Waals surface area (Å²) in [6.07, 6.45) is 4.88. The van der Waals surface area contributed by atoms with Crippen molar-refractivity contribution >= 4 is 17.7 Å². The van der Waals surface area contributed by atoms with Crippen LogP contribution in [0.15, 0.2) is 36.5 Å². The molecule has 0 aliphatic rings. The van der Waals surface area contributed by atoms with Crippen LogP contribution >= 0.6 is 0 Å². The van der Waals surface area contributed by atoms with E-state index in [1.54, 1.807) is 63.7 Å². The van der Waals surface area contributed by atoms with Crippen molar-refractivity contribution in [3.05, 3.63) is 47.8 Å². The highest BCUT2D eigenvalue weighted by Gasteiger charge is 2.13. The third-order valence-electron chi connectivity index (χ3n) is 3.70. The number of nitrogens with zero attached hydrogens (tertiary/aromatic N) is 2. The Morgan fingerprint density at radius 1 is 1.08 bits per heavy atom.